The van der Waals surface area contributed by atoms with E-state index in [1.165, 1.54) is 6.92 Å². The Kier molecular flexibility index (Phi) is 7.18. The Morgan fingerprint density at radius 2 is 2.11 bits per heavy atom. The molecule has 19 heavy (non-hydrogen) atoms. The van der Waals surface area contributed by atoms with Crippen molar-refractivity contribution in [3.8, 4) is 0 Å². The molecule has 0 spiro atoms. The maximum Gasteiger partial charge on any atom is 0.226 e. The van der Waals surface area contributed by atoms with E-state index in [4.69, 9.17) is 0 Å². The number of allylic oxidation sites excluding steroid dienone is 1. The molecule has 0 aromatic heterocycles. The average molecular weight is 267 g/mol. The summed E-state index contributed by atoms with van der Waals surface area (Å²) in [5.74, 6) is 0.210. The third-order valence-corrected chi connectivity index (χ3v) is 3.33. The number of piperazine rings is 1. The lowest BCUT2D eigenvalue weighted by Gasteiger charge is -2.30. The van der Waals surface area contributed by atoms with Gasteiger partial charge in [-0.05, 0) is 19.3 Å². The fourth-order valence-corrected chi connectivity index (χ4v) is 2.30. The summed E-state index contributed by atoms with van der Waals surface area (Å²) in [7, 11) is 0. The van der Waals surface area contributed by atoms with Crippen LogP contribution in [0, 0.1) is 5.92 Å². The van der Waals surface area contributed by atoms with Crippen molar-refractivity contribution < 1.29 is 9.59 Å². The summed E-state index contributed by atoms with van der Waals surface area (Å²) in [5, 5.41) is 6.01. The molecule has 108 valence electrons. The number of carbonyl (C=O) groups is 2. The van der Waals surface area contributed by atoms with Gasteiger partial charge < -0.3 is 15.5 Å². The smallest absolute Gasteiger partial charge is 0.226 e. The van der Waals surface area contributed by atoms with E-state index >= 15 is 0 Å². The number of rotatable bonds is 7. The van der Waals surface area contributed by atoms with Crippen molar-refractivity contribution >= 4 is 11.8 Å². The zero-order valence-electron chi connectivity index (χ0n) is 11.8. The normalized spacial score (nSPS) is 16.8. The van der Waals surface area contributed by atoms with Crippen LogP contribution in [0.15, 0.2) is 12.7 Å². The van der Waals surface area contributed by atoms with Gasteiger partial charge in [-0.15, -0.1) is 6.58 Å². The summed E-state index contributed by atoms with van der Waals surface area (Å²) in [5.41, 5.74) is 0. The second-order valence-electron chi connectivity index (χ2n) is 4.92. The molecule has 1 atom stereocenters. The van der Waals surface area contributed by atoms with Gasteiger partial charge in [-0.2, -0.15) is 0 Å². The molecule has 1 unspecified atom stereocenters. The van der Waals surface area contributed by atoms with Gasteiger partial charge in [-0.3, -0.25) is 9.59 Å². The molecule has 0 radical (unpaired) electrons. The molecule has 0 aliphatic carbocycles. The minimum atomic E-state index is -0.0197. The molecule has 0 saturated carbocycles. The molecule has 1 rings (SSSR count). The second-order valence-corrected chi connectivity index (χ2v) is 4.92. The molecule has 2 amide bonds. The Hall–Kier alpha value is -1.36. The third kappa shape index (κ3) is 5.87. The fraction of sp³-hybridized carbons (Fsp3) is 0.714. The van der Waals surface area contributed by atoms with Crippen molar-refractivity contribution in [3.63, 3.8) is 0 Å². The van der Waals surface area contributed by atoms with Crippen LogP contribution in [-0.2, 0) is 9.59 Å². The summed E-state index contributed by atoms with van der Waals surface area (Å²) >= 11 is 0. The zero-order chi connectivity index (χ0) is 14.1. The fourth-order valence-electron chi connectivity index (χ4n) is 2.30. The van der Waals surface area contributed by atoms with E-state index in [-0.39, 0.29) is 17.7 Å². The molecular weight excluding hydrogens is 242 g/mol. The number of nitrogens with one attached hydrogen (secondary N) is 2. The van der Waals surface area contributed by atoms with Gasteiger partial charge in [0.05, 0.1) is 0 Å². The maximum atomic E-state index is 12.4. The van der Waals surface area contributed by atoms with Crippen LogP contribution in [0.1, 0.15) is 26.2 Å². The van der Waals surface area contributed by atoms with Crippen molar-refractivity contribution in [1.82, 2.24) is 15.5 Å². The van der Waals surface area contributed by atoms with Gasteiger partial charge in [0, 0.05) is 45.6 Å². The maximum absolute atomic E-state index is 12.4. The molecule has 1 aliphatic heterocycles. The molecular formula is C14H25N3O2. The first-order valence-electron chi connectivity index (χ1n) is 7.00. The predicted octanol–water partition coefficient (Wildman–Crippen LogP) is 0.527. The standard InChI is InChI=1S/C14H25N3O2/c1-3-5-13(6-4-7-16-12(2)18)14(19)17-10-8-15-9-11-17/h3,13,15H,1,4-11H2,2H3,(H,16,18). The molecule has 1 saturated heterocycles. The largest absolute Gasteiger partial charge is 0.356 e. The van der Waals surface area contributed by atoms with Crippen molar-refractivity contribution in [1.29, 1.82) is 0 Å². The van der Waals surface area contributed by atoms with Gasteiger partial charge in [0.15, 0.2) is 0 Å². The molecule has 0 aromatic rings. The van der Waals surface area contributed by atoms with Gasteiger partial charge in [0.2, 0.25) is 11.8 Å². The second kappa shape index (κ2) is 8.69. The number of amides is 2. The minimum Gasteiger partial charge on any atom is -0.356 e. The van der Waals surface area contributed by atoms with Crippen LogP contribution >= 0.6 is 0 Å². The van der Waals surface area contributed by atoms with Gasteiger partial charge >= 0.3 is 0 Å². The van der Waals surface area contributed by atoms with Crippen molar-refractivity contribution in [2.75, 3.05) is 32.7 Å². The van der Waals surface area contributed by atoms with E-state index in [0.29, 0.717) is 13.0 Å². The highest BCUT2D eigenvalue weighted by atomic mass is 16.2. The quantitative estimate of drug-likeness (QED) is 0.522. The van der Waals surface area contributed by atoms with Crippen molar-refractivity contribution in [2.45, 2.75) is 26.2 Å². The Balaban J connectivity index is 2.38. The van der Waals surface area contributed by atoms with E-state index < -0.39 is 0 Å². The van der Waals surface area contributed by atoms with Crippen molar-refractivity contribution in [3.05, 3.63) is 12.7 Å². The van der Waals surface area contributed by atoms with Crippen LogP contribution < -0.4 is 10.6 Å². The van der Waals surface area contributed by atoms with Gasteiger partial charge in [-0.1, -0.05) is 6.08 Å². The van der Waals surface area contributed by atoms with E-state index in [2.05, 4.69) is 17.2 Å². The topological polar surface area (TPSA) is 61.4 Å². The Labute approximate surface area is 115 Å². The Morgan fingerprint density at radius 3 is 2.68 bits per heavy atom. The molecule has 5 nitrogen and oxygen atoms in total. The van der Waals surface area contributed by atoms with Crippen LogP contribution in [-0.4, -0.2) is 49.4 Å². The highest BCUT2D eigenvalue weighted by molar-refractivity contribution is 5.79. The first kappa shape index (κ1) is 15.7. The van der Waals surface area contributed by atoms with E-state index in [0.717, 1.165) is 39.0 Å². The summed E-state index contributed by atoms with van der Waals surface area (Å²) in [6.07, 6.45) is 4.15. The number of hydrogen-bond acceptors (Lipinski definition) is 3. The number of hydrogen-bond donors (Lipinski definition) is 2. The SMILES string of the molecule is C=CCC(CCCNC(C)=O)C(=O)N1CCNCC1. The lowest BCUT2D eigenvalue weighted by molar-refractivity contribution is -0.136. The first-order valence-corrected chi connectivity index (χ1v) is 7.00. The Morgan fingerprint density at radius 1 is 1.42 bits per heavy atom. The van der Waals surface area contributed by atoms with Gasteiger partial charge in [-0.25, -0.2) is 0 Å². The average Bonchev–Trinajstić information content (AvgIpc) is 2.42. The summed E-state index contributed by atoms with van der Waals surface area (Å²) in [6, 6.07) is 0. The van der Waals surface area contributed by atoms with Crippen molar-refractivity contribution in [2.24, 2.45) is 5.92 Å². The third-order valence-electron chi connectivity index (χ3n) is 3.33. The molecule has 0 aromatic carbocycles. The first-order chi connectivity index (χ1) is 9.15. The lowest BCUT2D eigenvalue weighted by Crippen LogP contribution is -2.48. The highest BCUT2D eigenvalue weighted by Crippen LogP contribution is 2.15. The molecule has 1 aliphatic rings. The van der Waals surface area contributed by atoms with Gasteiger partial charge in [0.25, 0.3) is 0 Å². The van der Waals surface area contributed by atoms with Crippen LogP contribution in [0.5, 0.6) is 0 Å². The van der Waals surface area contributed by atoms with Gasteiger partial charge in [0.1, 0.15) is 0 Å². The predicted molar refractivity (Wildman–Crippen MR) is 75.7 cm³/mol. The highest BCUT2D eigenvalue weighted by Gasteiger charge is 2.23. The summed E-state index contributed by atoms with van der Waals surface area (Å²) in [4.78, 5) is 25.1. The number of carbonyl (C=O) groups excluding carboxylic acids is 2. The van der Waals surface area contributed by atoms with E-state index in [1.807, 2.05) is 11.0 Å². The lowest BCUT2D eigenvalue weighted by atomic mass is 9.97. The minimum absolute atomic E-state index is 0.00404. The molecule has 2 N–H and O–H groups in total. The zero-order valence-corrected chi connectivity index (χ0v) is 11.8. The van der Waals surface area contributed by atoms with E-state index in [9.17, 15) is 9.59 Å². The number of nitrogens with zero attached hydrogens (tertiary/aromatic N) is 1. The van der Waals surface area contributed by atoms with E-state index in [1.54, 1.807) is 0 Å². The van der Waals surface area contributed by atoms with Crippen LogP contribution in [0.2, 0.25) is 0 Å². The Bertz CT molecular complexity index is 312. The molecule has 1 fully saturated rings. The molecule has 0 bridgehead atoms. The molecule has 5 heteroatoms. The summed E-state index contributed by atoms with van der Waals surface area (Å²) in [6.45, 7) is 9.20. The van der Waals surface area contributed by atoms with Crippen LogP contribution in [0.4, 0.5) is 0 Å². The summed E-state index contributed by atoms with van der Waals surface area (Å²) < 4.78 is 0. The molecule has 1 heterocycles. The monoisotopic (exact) mass is 267 g/mol. The van der Waals surface area contributed by atoms with Crippen LogP contribution in [0.25, 0.3) is 0 Å². The van der Waals surface area contributed by atoms with Crippen LogP contribution in [0.3, 0.4) is 0 Å².